The lowest BCUT2D eigenvalue weighted by atomic mass is 9.79. The number of halogens is 1. The zero-order chi connectivity index (χ0) is 14.7. The molecule has 1 aliphatic carbocycles. The van der Waals surface area contributed by atoms with Crippen LogP contribution in [0.3, 0.4) is 0 Å². The summed E-state index contributed by atoms with van der Waals surface area (Å²) in [5.74, 6) is 0.922. The van der Waals surface area contributed by atoms with Crippen molar-refractivity contribution < 1.29 is 4.74 Å². The smallest absolute Gasteiger partial charge is 0.122 e. The van der Waals surface area contributed by atoms with Gasteiger partial charge < -0.3 is 10.1 Å². The average molecular weight is 326 g/mol. The Balaban J connectivity index is 0.00000176. The molecule has 0 unspecified atom stereocenters. The van der Waals surface area contributed by atoms with Gasteiger partial charge in [-0.3, -0.25) is 9.88 Å². The summed E-state index contributed by atoms with van der Waals surface area (Å²) >= 11 is 0. The van der Waals surface area contributed by atoms with Gasteiger partial charge in [-0.05, 0) is 19.8 Å². The van der Waals surface area contributed by atoms with E-state index in [1.807, 2.05) is 13.0 Å². The topological polar surface area (TPSA) is 37.4 Å². The maximum absolute atomic E-state index is 5.39. The summed E-state index contributed by atoms with van der Waals surface area (Å²) in [6, 6.07) is 4.09. The van der Waals surface area contributed by atoms with Gasteiger partial charge >= 0.3 is 0 Å². The normalized spacial score (nSPS) is 21.4. The van der Waals surface area contributed by atoms with Crippen LogP contribution in [-0.4, -0.2) is 42.2 Å². The lowest BCUT2D eigenvalue weighted by Gasteiger charge is -2.49. The van der Waals surface area contributed by atoms with Gasteiger partial charge in [0.1, 0.15) is 5.75 Å². The van der Waals surface area contributed by atoms with E-state index < -0.39 is 0 Å². The van der Waals surface area contributed by atoms with Crippen molar-refractivity contribution in [3.8, 4) is 5.75 Å². The number of pyridine rings is 1. The molecule has 1 saturated carbocycles. The Morgan fingerprint density at radius 2 is 2.05 bits per heavy atom. The van der Waals surface area contributed by atoms with Gasteiger partial charge in [-0.15, -0.1) is 12.4 Å². The van der Waals surface area contributed by atoms with Gasteiger partial charge in [0.15, 0.2) is 0 Å². The summed E-state index contributed by atoms with van der Waals surface area (Å²) in [5.41, 5.74) is 2.53. The van der Waals surface area contributed by atoms with Crippen LogP contribution in [0.25, 0.3) is 0 Å². The number of methoxy groups -OCH3 is 1. The predicted octanol–water partition coefficient (Wildman–Crippen LogP) is 2.93. The lowest BCUT2D eigenvalue weighted by molar-refractivity contribution is 0.0199. The van der Waals surface area contributed by atoms with Crippen molar-refractivity contribution in [2.24, 2.45) is 0 Å². The quantitative estimate of drug-likeness (QED) is 0.927. The summed E-state index contributed by atoms with van der Waals surface area (Å²) < 4.78 is 5.39. The Hall–Kier alpha value is -0.840. The van der Waals surface area contributed by atoms with Crippen LogP contribution in [-0.2, 0) is 6.54 Å². The Bertz CT molecular complexity index is 481. The number of rotatable bonds is 3. The molecule has 0 aromatic carbocycles. The highest BCUT2D eigenvalue weighted by atomic mass is 35.5. The average Bonchev–Trinajstić information content (AvgIpc) is 2.50. The molecule has 124 valence electrons. The van der Waals surface area contributed by atoms with E-state index in [9.17, 15) is 0 Å². The van der Waals surface area contributed by atoms with Gasteiger partial charge in [-0.1, -0.05) is 19.3 Å². The van der Waals surface area contributed by atoms with Crippen molar-refractivity contribution in [3.05, 3.63) is 23.5 Å². The number of hydrogen-bond donors (Lipinski definition) is 1. The summed E-state index contributed by atoms with van der Waals surface area (Å²) in [4.78, 5) is 7.38. The van der Waals surface area contributed by atoms with Crippen LogP contribution < -0.4 is 10.1 Å². The molecular weight excluding hydrogens is 298 g/mol. The number of aryl methyl sites for hydroxylation is 1. The van der Waals surface area contributed by atoms with Gasteiger partial charge in [-0.2, -0.15) is 0 Å². The van der Waals surface area contributed by atoms with Crippen LogP contribution in [0.15, 0.2) is 12.1 Å². The Labute approximate surface area is 140 Å². The first-order chi connectivity index (χ1) is 10.2. The zero-order valence-electron chi connectivity index (χ0n) is 13.7. The molecule has 1 aliphatic heterocycles. The number of aromatic nitrogens is 1. The standard InChI is InChI=1S/C17H27N3O.ClH/c1-14-10-16(21-2)11-15(19-14)12-20-9-8-18-13-17(20)6-4-3-5-7-17;/h10-11,18H,3-9,12-13H2,1-2H3;1H. The maximum atomic E-state index is 5.39. The van der Waals surface area contributed by atoms with Crippen LogP contribution in [0.5, 0.6) is 5.75 Å². The Kier molecular flexibility index (Phi) is 6.07. The SMILES string of the molecule is COc1cc(C)nc(CN2CCNCC23CCCCC3)c1.Cl. The van der Waals surface area contributed by atoms with Crippen LogP contribution in [0.1, 0.15) is 43.5 Å². The van der Waals surface area contributed by atoms with Crippen molar-refractivity contribution >= 4 is 12.4 Å². The van der Waals surface area contributed by atoms with Crippen LogP contribution in [0.4, 0.5) is 0 Å². The predicted molar refractivity (Wildman–Crippen MR) is 91.9 cm³/mol. The summed E-state index contributed by atoms with van der Waals surface area (Å²) in [6.07, 6.45) is 6.77. The molecule has 0 radical (unpaired) electrons. The van der Waals surface area contributed by atoms with Gasteiger partial charge in [0.2, 0.25) is 0 Å². The van der Waals surface area contributed by atoms with Gasteiger partial charge in [0.05, 0.1) is 12.8 Å². The van der Waals surface area contributed by atoms with Crippen molar-refractivity contribution in [1.29, 1.82) is 0 Å². The Morgan fingerprint density at radius 3 is 2.77 bits per heavy atom. The van der Waals surface area contributed by atoms with E-state index in [1.165, 1.54) is 32.1 Å². The highest BCUT2D eigenvalue weighted by molar-refractivity contribution is 5.85. The molecule has 1 spiro atoms. The van der Waals surface area contributed by atoms with Gasteiger partial charge in [0, 0.05) is 49.5 Å². The van der Waals surface area contributed by atoms with E-state index >= 15 is 0 Å². The molecule has 0 amide bonds. The third kappa shape index (κ3) is 3.73. The van der Waals surface area contributed by atoms with E-state index in [0.29, 0.717) is 5.54 Å². The minimum Gasteiger partial charge on any atom is -0.497 e. The van der Waals surface area contributed by atoms with E-state index in [0.717, 1.165) is 43.3 Å². The van der Waals surface area contributed by atoms with Crippen molar-refractivity contribution in [3.63, 3.8) is 0 Å². The molecule has 0 atom stereocenters. The maximum Gasteiger partial charge on any atom is 0.122 e. The Morgan fingerprint density at radius 1 is 1.27 bits per heavy atom. The fraction of sp³-hybridized carbons (Fsp3) is 0.706. The molecule has 1 aromatic rings. The summed E-state index contributed by atoms with van der Waals surface area (Å²) in [5, 5.41) is 3.61. The molecule has 1 N–H and O–H groups in total. The molecule has 22 heavy (non-hydrogen) atoms. The van der Waals surface area contributed by atoms with Crippen molar-refractivity contribution in [2.45, 2.75) is 51.1 Å². The van der Waals surface area contributed by atoms with Gasteiger partial charge in [-0.25, -0.2) is 0 Å². The lowest BCUT2D eigenvalue weighted by Crippen LogP contribution is -2.61. The largest absolute Gasteiger partial charge is 0.497 e. The van der Waals surface area contributed by atoms with Crippen LogP contribution in [0, 0.1) is 6.92 Å². The number of nitrogens with zero attached hydrogens (tertiary/aromatic N) is 2. The fourth-order valence-corrected chi connectivity index (χ4v) is 3.93. The van der Waals surface area contributed by atoms with Crippen LogP contribution >= 0.6 is 12.4 Å². The second-order valence-corrected chi connectivity index (χ2v) is 6.52. The fourth-order valence-electron chi connectivity index (χ4n) is 3.93. The molecule has 2 aliphatic rings. The second kappa shape index (κ2) is 7.62. The van der Waals surface area contributed by atoms with E-state index in [1.54, 1.807) is 7.11 Å². The number of nitrogens with one attached hydrogen (secondary N) is 1. The van der Waals surface area contributed by atoms with Crippen molar-refractivity contribution in [1.82, 2.24) is 15.2 Å². The third-order valence-electron chi connectivity index (χ3n) is 5.04. The molecule has 3 rings (SSSR count). The first kappa shape index (κ1) is 17.5. The molecule has 2 fully saturated rings. The molecule has 4 nitrogen and oxygen atoms in total. The number of hydrogen-bond acceptors (Lipinski definition) is 4. The minimum absolute atomic E-state index is 0. The van der Waals surface area contributed by atoms with Crippen LogP contribution in [0.2, 0.25) is 0 Å². The molecule has 0 bridgehead atoms. The van der Waals surface area contributed by atoms with E-state index in [4.69, 9.17) is 9.72 Å². The zero-order valence-corrected chi connectivity index (χ0v) is 14.5. The van der Waals surface area contributed by atoms with E-state index in [-0.39, 0.29) is 12.4 Å². The second-order valence-electron chi connectivity index (χ2n) is 6.52. The molecule has 1 saturated heterocycles. The molecule has 2 heterocycles. The summed E-state index contributed by atoms with van der Waals surface area (Å²) in [7, 11) is 1.73. The summed E-state index contributed by atoms with van der Waals surface area (Å²) in [6.45, 7) is 6.33. The monoisotopic (exact) mass is 325 g/mol. The third-order valence-corrected chi connectivity index (χ3v) is 5.04. The first-order valence-corrected chi connectivity index (χ1v) is 8.19. The van der Waals surface area contributed by atoms with Gasteiger partial charge in [0.25, 0.3) is 0 Å². The molecular formula is C17H28ClN3O. The minimum atomic E-state index is 0. The number of piperazine rings is 1. The highest BCUT2D eigenvalue weighted by Crippen LogP contribution is 2.35. The van der Waals surface area contributed by atoms with E-state index in [2.05, 4.69) is 16.3 Å². The van der Waals surface area contributed by atoms with Crippen molar-refractivity contribution in [2.75, 3.05) is 26.7 Å². The first-order valence-electron chi connectivity index (χ1n) is 8.19. The molecule has 5 heteroatoms. The molecule has 1 aromatic heterocycles. The highest BCUT2D eigenvalue weighted by Gasteiger charge is 2.39. The number of ether oxygens (including phenoxy) is 1.